The fourth-order valence-corrected chi connectivity index (χ4v) is 2.58. The van der Waals surface area contributed by atoms with Crippen LogP contribution in [0.25, 0.3) is 33.7 Å². The first-order chi connectivity index (χ1) is 11.7. The molecule has 4 rings (SSSR count). The van der Waals surface area contributed by atoms with Crippen LogP contribution >= 0.6 is 0 Å². The van der Waals surface area contributed by atoms with Gasteiger partial charge in [0.2, 0.25) is 0 Å². The highest BCUT2D eigenvalue weighted by atomic mass is 14.9. The van der Waals surface area contributed by atoms with E-state index < -0.39 is 0 Å². The summed E-state index contributed by atoms with van der Waals surface area (Å²) in [6.07, 6.45) is 7.07. The molecule has 0 aliphatic rings. The van der Waals surface area contributed by atoms with Crippen molar-refractivity contribution in [1.29, 1.82) is 0 Å². The third-order valence-electron chi connectivity index (χ3n) is 3.97. The first-order valence-electron chi connectivity index (χ1n) is 7.69. The molecule has 5 nitrogen and oxygen atoms in total. The van der Waals surface area contributed by atoms with Gasteiger partial charge in [-0.15, -0.1) is 0 Å². The van der Waals surface area contributed by atoms with Crippen molar-refractivity contribution in [3.63, 3.8) is 0 Å². The maximum absolute atomic E-state index is 4.83. The molecule has 0 radical (unpaired) electrons. The summed E-state index contributed by atoms with van der Waals surface area (Å²) >= 11 is 0. The lowest BCUT2D eigenvalue weighted by Gasteiger charge is -2.10. The number of rotatable bonds is 2. The van der Waals surface area contributed by atoms with Gasteiger partial charge in [-0.05, 0) is 49.7 Å². The Balaban J connectivity index is 2.06. The van der Waals surface area contributed by atoms with Crippen molar-refractivity contribution in [3.05, 3.63) is 66.4 Å². The largest absolute Gasteiger partial charge is 0.264 e. The lowest BCUT2D eigenvalue weighted by Crippen LogP contribution is -1.99. The van der Waals surface area contributed by atoms with Crippen LogP contribution in [0, 0.1) is 13.8 Å². The molecule has 0 aliphatic carbocycles. The minimum Gasteiger partial charge on any atom is -0.264 e. The second-order valence-electron chi connectivity index (χ2n) is 5.64. The molecule has 0 saturated carbocycles. The number of aryl methyl sites for hydroxylation is 2. The summed E-state index contributed by atoms with van der Waals surface area (Å²) in [5.41, 5.74) is 6.86. The van der Waals surface area contributed by atoms with Gasteiger partial charge in [-0.3, -0.25) is 9.97 Å². The topological polar surface area (TPSA) is 64.5 Å². The van der Waals surface area contributed by atoms with Crippen molar-refractivity contribution in [2.24, 2.45) is 0 Å². The molecule has 0 amide bonds. The van der Waals surface area contributed by atoms with E-state index in [9.17, 15) is 0 Å². The molecule has 4 aromatic rings. The molecule has 0 bridgehead atoms. The van der Waals surface area contributed by atoms with Gasteiger partial charge in [0.05, 0.1) is 5.69 Å². The average Bonchev–Trinajstić information content (AvgIpc) is 2.63. The first kappa shape index (κ1) is 14.4. The number of hydrogen-bond acceptors (Lipinski definition) is 5. The van der Waals surface area contributed by atoms with Crippen molar-refractivity contribution in [1.82, 2.24) is 24.9 Å². The zero-order valence-electron chi connectivity index (χ0n) is 13.4. The van der Waals surface area contributed by atoms with Crippen LogP contribution in [-0.2, 0) is 0 Å². The van der Waals surface area contributed by atoms with E-state index >= 15 is 0 Å². The Morgan fingerprint density at radius 3 is 1.96 bits per heavy atom. The maximum atomic E-state index is 4.83. The lowest BCUT2D eigenvalue weighted by molar-refractivity contribution is 1.14. The Hall–Kier alpha value is -3.21. The quantitative estimate of drug-likeness (QED) is 0.563. The number of hydrogen-bond donors (Lipinski definition) is 0. The lowest BCUT2D eigenvalue weighted by atomic mass is 10.1. The van der Waals surface area contributed by atoms with Crippen LogP contribution in [0.2, 0.25) is 0 Å². The van der Waals surface area contributed by atoms with Gasteiger partial charge in [0.15, 0.2) is 5.65 Å². The van der Waals surface area contributed by atoms with Gasteiger partial charge in [-0.1, -0.05) is 0 Å². The molecule has 0 aliphatic heterocycles. The first-order valence-corrected chi connectivity index (χ1v) is 7.69. The SMILES string of the molecule is Cc1cc2nc(-c3cccnc3)c(-c3cccnc3)nc2nc1C. The molecule has 0 N–H and O–H groups in total. The van der Waals surface area contributed by atoms with Gasteiger partial charge in [0, 0.05) is 41.6 Å². The van der Waals surface area contributed by atoms with Gasteiger partial charge >= 0.3 is 0 Å². The minimum absolute atomic E-state index is 0.643. The highest BCUT2D eigenvalue weighted by molar-refractivity contribution is 5.84. The van der Waals surface area contributed by atoms with Crippen LogP contribution in [0.15, 0.2) is 55.1 Å². The number of pyridine rings is 3. The predicted octanol–water partition coefficient (Wildman–Crippen LogP) is 3.77. The summed E-state index contributed by atoms with van der Waals surface area (Å²) < 4.78 is 0. The van der Waals surface area contributed by atoms with Crippen molar-refractivity contribution in [3.8, 4) is 22.5 Å². The van der Waals surface area contributed by atoms with Crippen LogP contribution in [0.3, 0.4) is 0 Å². The summed E-state index contributed by atoms with van der Waals surface area (Å²) in [7, 11) is 0. The monoisotopic (exact) mass is 313 g/mol. The van der Waals surface area contributed by atoms with E-state index in [1.54, 1.807) is 24.8 Å². The third kappa shape index (κ3) is 2.50. The zero-order valence-corrected chi connectivity index (χ0v) is 13.4. The van der Waals surface area contributed by atoms with Crippen molar-refractivity contribution >= 4 is 11.2 Å². The molecular formula is C19H15N5. The van der Waals surface area contributed by atoms with E-state index in [4.69, 9.17) is 9.97 Å². The summed E-state index contributed by atoms with van der Waals surface area (Å²) in [6.45, 7) is 4.01. The Morgan fingerprint density at radius 2 is 1.38 bits per heavy atom. The summed E-state index contributed by atoms with van der Waals surface area (Å²) in [5.74, 6) is 0. The van der Waals surface area contributed by atoms with E-state index in [2.05, 4.69) is 15.0 Å². The Morgan fingerprint density at radius 1 is 0.750 bits per heavy atom. The molecule has 116 valence electrons. The molecule has 0 fully saturated rings. The minimum atomic E-state index is 0.643. The third-order valence-corrected chi connectivity index (χ3v) is 3.97. The molecule has 0 unspecified atom stereocenters. The van der Waals surface area contributed by atoms with Crippen LogP contribution in [0.4, 0.5) is 0 Å². The Labute approximate surface area is 139 Å². The van der Waals surface area contributed by atoms with Gasteiger partial charge in [-0.25, -0.2) is 15.0 Å². The fourth-order valence-electron chi connectivity index (χ4n) is 2.58. The molecule has 4 heterocycles. The van der Waals surface area contributed by atoms with Crippen LogP contribution in [-0.4, -0.2) is 24.9 Å². The normalized spacial score (nSPS) is 10.9. The van der Waals surface area contributed by atoms with Crippen LogP contribution < -0.4 is 0 Å². The predicted molar refractivity (Wildman–Crippen MR) is 93.3 cm³/mol. The Bertz CT molecular complexity index is 930. The number of nitrogens with zero attached hydrogens (tertiary/aromatic N) is 5. The van der Waals surface area contributed by atoms with Crippen LogP contribution in [0.5, 0.6) is 0 Å². The molecular weight excluding hydrogens is 298 g/mol. The van der Waals surface area contributed by atoms with Gasteiger partial charge in [0.25, 0.3) is 0 Å². The van der Waals surface area contributed by atoms with Crippen LogP contribution in [0.1, 0.15) is 11.3 Å². The molecule has 24 heavy (non-hydrogen) atoms. The second kappa shape index (κ2) is 5.77. The molecule has 4 aromatic heterocycles. The highest BCUT2D eigenvalue weighted by Gasteiger charge is 2.14. The highest BCUT2D eigenvalue weighted by Crippen LogP contribution is 2.30. The molecule has 0 atom stereocenters. The van der Waals surface area contributed by atoms with Gasteiger partial charge < -0.3 is 0 Å². The standard InChI is InChI=1S/C19H15N5/c1-12-9-16-19(22-13(12)2)24-18(15-6-4-8-21-11-15)17(23-16)14-5-3-7-20-10-14/h3-11H,1-2H3. The van der Waals surface area contributed by atoms with E-state index in [0.29, 0.717) is 5.65 Å². The fraction of sp³-hybridized carbons (Fsp3) is 0.105. The smallest absolute Gasteiger partial charge is 0.179 e. The van der Waals surface area contributed by atoms with E-state index in [1.165, 1.54) is 0 Å². The summed E-state index contributed by atoms with van der Waals surface area (Å²) in [4.78, 5) is 22.6. The average molecular weight is 313 g/mol. The summed E-state index contributed by atoms with van der Waals surface area (Å²) in [6, 6.07) is 9.77. The molecule has 0 spiro atoms. The van der Waals surface area contributed by atoms with E-state index in [-0.39, 0.29) is 0 Å². The van der Waals surface area contributed by atoms with E-state index in [0.717, 1.165) is 39.3 Å². The molecule has 0 aromatic carbocycles. The Kier molecular flexibility index (Phi) is 3.46. The number of fused-ring (bicyclic) bond motifs is 1. The van der Waals surface area contributed by atoms with Gasteiger partial charge in [-0.2, -0.15) is 0 Å². The molecule has 0 saturated heterocycles. The van der Waals surface area contributed by atoms with Crippen molar-refractivity contribution < 1.29 is 0 Å². The number of aromatic nitrogens is 5. The molecule has 5 heteroatoms. The second-order valence-corrected chi connectivity index (χ2v) is 5.64. The zero-order chi connectivity index (χ0) is 16.5. The van der Waals surface area contributed by atoms with Crippen molar-refractivity contribution in [2.75, 3.05) is 0 Å². The van der Waals surface area contributed by atoms with Crippen molar-refractivity contribution in [2.45, 2.75) is 13.8 Å². The van der Waals surface area contributed by atoms with Gasteiger partial charge in [0.1, 0.15) is 11.2 Å². The maximum Gasteiger partial charge on any atom is 0.179 e. The van der Waals surface area contributed by atoms with E-state index in [1.807, 2.05) is 44.2 Å². The summed E-state index contributed by atoms with van der Waals surface area (Å²) in [5, 5.41) is 0.